The second kappa shape index (κ2) is 9.62. The van der Waals surface area contributed by atoms with E-state index in [1.807, 2.05) is 43.3 Å². The lowest BCUT2D eigenvalue weighted by Crippen LogP contribution is -2.30. The van der Waals surface area contributed by atoms with Crippen LogP contribution < -0.4 is 14.8 Å². The fourth-order valence-corrected chi connectivity index (χ4v) is 2.93. The van der Waals surface area contributed by atoms with Gasteiger partial charge in [-0.05, 0) is 42.2 Å². The summed E-state index contributed by atoms with van der Waals surface area (Å²) in [5.74, 6) is 0.161. The molecule has 2 N–H and O–H groups in total. The summed E-state index contributed by atoms with van der Waals surface area (Å²) in [7, 11) is 3.15. The van der Waals surface area contributed by atoms with E-state index in [-0.39, 0.29) is 18.7 Å². The van der Waals surface area contributed by atoms with Crippen molar-refractivity contribution in [2.75, 3.05) is 14.2 Å². The Bertz CT molecular complexity index is 781. The Kier molecular flexibility index (Phi) is 7.23. The fraction of sp³-hybridized carbons (Fsp3) is 0.333. The van der Waals surface area contributed by atoms with Crippen molar-refractivity contribution in [2.45, 2.75) is 32.2 Å². The zero-order valence-electron chi connectivity index (χ0n) is 15.8. The molecule has 0 spiro atoms. The third-order valence-electron chi connectivity index (χ3n) is 4.33. The molecule has 2 aromatic carbocycles. The van der Waals surface area contributed by atoms with E-state index in [0.717, 1.165) is 16.7 Å². The van der Waals surface area contributed by atoms with Crippen molar-refractivity contribution in [3.8, 4) is 11.5 Å². The molecule has 1 amide bonds. The van der Waals surface area contributed by atoms with E-state index in [2.05, 4.69) is 5.32 Å². The number of rotatable bonds is 9. The van der Waals surface area contributed by atoms with E-state index in [1.165, 1.54) is 0 Å². The van der Waals surface area contributed by atoms with Gasteiger partial charge in [-0.25, -0.2) is 0 Å². The lowest BCUT2D eigenvalue weighted by molar-refractivity contribution is -0.137. The van der Waals surface area contributed by atoms with Gasteiger partial charge in [0.1, 0.15) is 11.5 Å². The molecule has 2 rings (SSSR count). The highest BCUT2D eigenvalue weighted by molar-refractivity contribution is 5.78. The minimum Gasteiger partial charge on any atom is -0.497 e. The van der Waals surface area contributed by atoms with Crippen LogP contribution in [0.2, 0.25) is 0 Å². The average molecular weight is 371 g/mol. The van der Waals surface area contributed by atoms with Crippen molar-refractivity contribution < 1.29 is 24.2 Å². The number of carboxylic acid groups (broad SMARTS) is 1. The van der Waals surface area contributed by atoms with Gasteiger partial charge >= 0.3 is 5.97 Å². The SMILES string of the molecule is COc1cc(CCC(=O)NC(CC(=O)O)c2ccccc2C)cc(OC)c1. The molecule has 0 aliphatic rings. The van der Waals surface area contributed by atoms with Crippen molar-refractivity contribution in [1.82, 2.24) is 5.32 Å². The Labute approximate surface area is 159 Å². The van der Waals surface area contributed by atoms with Gasteiger partial charge in [-0.15, -0.1) is 0 Å². The Morgan fingerprint density at radius 2 is 1.70 bits per heavy atom. The highest BCUT2D eigenvalue weighted by Crippen LogP contribution is 2.24. The minimum absolute atomic E-state index is 0.163. The standard InChI is InChI=1S/C21H25NO5/c1-14-6-4-5-7-18(14)19(13-21(24)25)22-20(23)9-8-15-10-16(26-2)12-17(11-15)27-3/h4-7,10-12,19H,8-9,13H2,1-3H3,(H,22,23)(H,24,25). The van der Waals surface area contributed by atoms with Crippen molar-refractivity contribution in [2.24, 2.45) is 0 Å². The lowest BCUT2D eigenvalue weighted by Gasteiger charge is -2.19. The van der Waals surface area contributed by atoms with E-state index in [9.17, 15) is 14.7 Å². The van der Waals surface area contributed by atoms with Gasteiger partial charge in [0, 0.05) is 12.5 Å². The van der Waals surface area contributed by atoms with Gasteiger partial charge in [0.15, 0.2) is 0 Å². The summed E-state index contributed by atoms with van der Waals surface area (Å²) in [6.07, 6.45) is 0.564. The molecule has 1 unspecified atom stereocenters. The normalized spacial score (nSPS) is 11.5. The predicted molar refractivity (Wildman–Crippen MR) is 102 cm³/mol. The summed E-state index contributed by atoms with van der Waals surface area (Å²) in [4.78, 5) is 23.7. The van der Waals surface area contributed by atoms with Crippen molar-refractivity contribution >= 4 is 11.9 Å². The monoisotopic (exact) mass is 371 g/mol. The third-order valence-corrected chi connectivity index (χ3v) is 4.33. The van der Waals surface area contributed by atoms with Crippen molar-refractivity contribution in [3.63, 3.8) is 0 Å². The highest BCUT2D eigenvalue weighted by atomic mass is 16.5. The smallest absolute Gasteiger partial charge is 0.305 e. The van der Waals surface area contributed by atoms with Crippen LogP contribution in [0.15, 0.2) is 42.5 Å². The van der Waals surface area contributed by atoms with Gasteiger partial charge in [-0.3, -0.25) is 9.59 Å². The van der Waals surface area contributed by atoms with Crippen LogP contribution in [0.5, 0.6) is 11.5 Å². The molecule has 6 heteroatoms. The Balaban J connectivity index is 2.06. The highest BCUT2D eigenvalue weighted by Gasteiger charge is 2.19. The van der Waals surface area contributed by atoms with Crippen LogP contribution in [-0.2, 0) is 16.0 Å². The van der Waals surface area contributed by atoms with Crippen molar-refractivity contribution in [3.05, 3.63) is 59.2 Å². The molecular weight excluding hydrogens is 346 g/mol. The van der Waals surface area contributed by atoms with Crippen molar-refractivity contribution in [1.29, 1.82) is 0 Å². The summed E-state index contributed by atoms with van der Waals surface area (Å²) in [5, 5.41) is 12.0. The van der Waals surface area contributed by atoms with E-state index in [0.29, 0.717) is 17.9 Å². The molecule has 1 atom stereocenters. The number of benzene rings is 2. The number of nitrogens with one attached hydrogen (secondary N) is 1. The van der Waals surface area contributed by atoms with E-state index in [1.54, 1.807) is 20.3 Å². The van der Waals surface area contributed by atoms with Gasteiger partial charge in [0.05, 0.1) is 26.7 Å². The first kappa shape index (κ1) is 20.3. The molecule has 0 saturated carbocycles. The van der Waals surface area contributed by atoms with Gasteiger partial charge < -0.3 is 19.9 Å². The fourth-order valence-electron chi connectivity index (χ4n) is 2.93. The van der Waals surface area contributed by atoms with Gasteiger partial charge in [-0.2, -0.15) is 0 Å². The van der Waals surface area contributed by atoms with Crippen LogP contribution in [0.4, 0.5) is 0 Å². The molecule has 0 aliphatic heterocycles. The number of aryl methyl sites for hydroxylation is 2. The molecule has 0 heterocycles. The second-order valence-electron chi connectivity index (χ2n) is 6.30. The Morgan fingerprint density at radius 1 is 1.07 bits per heavy atom. The molecule has 0 bridgehead atoms. The Morgan fingerprint density at radius 3 is 2.26 bits per heavy atom. The number of ether oxygens (including phenoxy) is 2. The average Bonchev–Trinajstić information content (AvgIpc) is 2.65. The topological polar surface area (TPSA) is 84.9 Å². The van der Waals surface area contributed by atoms with Crippen LogP contribution in [-0.4, -0.2) is 31.2 Å². The zero-order valence-corrected chi connectivity index (χ0v) is 15.8. The van der Waals surface area contributed by atoms with Crippen LogP contribution in [0.1, 0.15) is 35.6 Å². The maximum atomic E-state index is 12.4. The Hall–Kier alpha value is -3.02. The molecule has 6 nitrogen and oxygen atoms in total. The number of hydrogen-bond donors (Lipinski definition) is 2. The van der Waals surface area contributed by atoms with Crippen LogP contribution in [0, 0.1) is 6.92 Å². The second-order valence-corrected chi connectivity index (χ2v) is 6.30. The molecule has 0 saturated heterocycles. The van der Waals surface area contributed by atoms with E-state index < -0.39 is 12.0 Å². The van der Waals surface area contributed by atoms with Crippen LogP contribution >= 0.6 is 0 Å². The van der Waals surface area contributed by atoms with Crippen LogP contribution in [0.25, 0.3) is 0 Å². The van der Waals surface area contributed by atoms with Gasteiger partial charge in [0.2, 0.25) is 5.91 Å². The first-order valence-electron chi connectivity index (χ1n) is 8.71. The van der Waals surface area contributed by atoms with Crippen LogP contribution in [0.3, 0.4) is 0 Å². The summed E-state index contributed by atoms with van der Waals surface area (Å²) < 4.78 is 10.5. The molecular formula is C21H25NO5. The molecule has 0 aromatic heterocycles. The molecule has 0 fully saturated rings. The predicted octanol–water partition coefficient (Wildman–Crippen LogP) is 3.28. The first-order chi connectivity index (χ1) is 12.9. The summed E-state index contributed by atoms with van der Waals surface area (Å²) >= 11 is 0. The summed E-state index contributed by atoms with van der Waals surface area (Å²) in [6.45, 7) is 1.90. The van der Waals surface area contributed by atoms with E-state index in [4.69, 9.17) is 9.47 Å². The zero-order chi connectivity index (χ0) is 19.8. The number of aliphatic carboxylic acids is 1. The summed E-state index contributed by atoms with van der Waals surface area (Å²) in [6, 6.07) is 12.4. The number of carbonyl (C=O) groups is 2. The lowest BCUT2D eigenvalue weighted by atomic mass is 9.98. The minimum atomic E-state index is -0.957. The number of carbonyl (C=O) groups excluding carboxylic acids is 1. The first-order valence-corrected chi connectivity index (χ1v) is 8.71. The largest absolute Gasteiger partial charge is 0.497 e. The molecule has 2 aromatic rings. The number of amides is 1. The molecule has 144 valence electrons. The number of carboxylic acids is 1. The molecule has 27 heavy (non-hydrogen) atoms. The molecule has 0 aliphatic carbocycles. The quantitative estimate of drug-likeness (QED) is 0.707. The van der Waals surface area contributed by atoms with E-state index >= 15 is 0 Å². The molecule has 0 radical (unpaired) electrons. The number of methoxy groups -OCH3 is 2. The van der Waals surface area contributed by atoms with Gasteiger partial charge in [-0.1, -0.05) is 24.3 Å². The number of hydrogen-bond acceptors (Lipinski definition) is 4. The summed E-state index contributed by atoms with van der Waals surface area (Å²) in [5.41, 5.74) is 2.67. The maximum Gasteiger partial charge on any atom is 0.305 e. The van der Waals surface area contributed by atoms with Gasteiger partial charge in [0.25, 0.3) is 0 Å². The third kappa shape index (κ3) is 6.02. The maximum absolute atomic E-state index is 12.4.